The summed E-state index contributed by atoms with van der Waals surface area (Å²) in [7, 11) is 0. The molecule has 0 saturated heterocycles. The molecule has 0 spiro atoms. The molecule has 0 radical (unpaired) electrons. The number of anilines is 1. The van der Waals surface area contributed by atoms with Gasteiger partial charge in [-0.15, -0.1) is 12.4 Å². The van der Waals surface area contributed by atoms with Gasteiger partial charge in [0, 0.05) is 12.2 Å². The van der Waals surface area contributed by atoms with Crippen molar-refractivity contribution in [1.29, 1.82) is 0 Å². The van der Waals surface area contributed by atoms with Crippen LogP contribution in [0.4, 0.5) is 5.69 Å². The second-order valence-electron chi connectivity index (χ2n) is 6.41. The summed E-state index contributed by atoms with van der Waals surface area (Å²) in [5.74, 6) is 0.985. The predicted molar refractivity (Wildman–Crippen MR) is 110 cm³/mol. The van der Waals surface area contributed by atoms with Crippen molar-refractivity contribution in [3.8, 4) is 5.75 Å². The number of amides is 1. The third-order valence-corrected chi connectivity index (χ3v) is 4.05. The van der Waals surface area contributed by atoms with Gasteiger partial charge in [-0.1, -0.05) is 51.1 Å². The molecule has 1 amide bonds. The Hall–Kier alpha value is -2.04. The van der Waals surface area contributed by atoms with E-state index in [2.05, 4.69) is 37.5 Å². The van der Waals surface area contributed by atoms with Crippen LogP contribution >= 0.6 is 12.4 Å². The summed E-state index contributed by atoms with van der Waals surface area (Å²) in [5.41, 5.74) is 3.08. The Morgan fingerprint density at radius 3 is 2.50 bits per heavy atom. The average Bonchev–Trinajstić information content (AvgIpc) is 2.61. The van der Waals surface area contributed by atoms with Gasteiger partial charge in [-0.3, -0.25) is 4.79 Å². The van der Waals surface area contributed by atoms with E-state index in [0.717, 1.165) is 30.1 Å². The molecule has 0 saturated carbocycles. The molecule has 0 heterocycles. The van der Waals surface area contributed by atoms with Crippen LogP contribution in [0.25, 0.3) is 0 Å². The minimum absolute atomic E-state index is 0. The number of para-hydroxylation sites is 1. The Kier molecular flexibility index (Phi) is 9.17. The van der Waals surface area contributed by atoms with Crippen molar-refractivity contribution in [1.82, 2.24) is 5.32 Å². The maximum Gasteiger partial charge on any atom is 0.265 e. The topological polar surface area (TPSA) is 50.4 Å². The van der Waals surface area contributed by atoms with Gasteiger partial charge < -0.3 is 15.4 Å². The molecule has 2 aromatic rings. The summed E-state index contributed by atoms with van der Waals surface area (Å²) in [6.07, 6.45) is -0.574. The summed E-state index contributed by atoms with van der Waals surface area (Å²) in [6.45, 7) is 9.70. The van der Waals surface area contributed by atoms with Gasteiger partial charge in [-0.25, -0.2) is 0 Å². The van der Waals surface area contributed by atoms with Crippen molar-refractivity contribution in [2.45, 2.75) is 46.3 Å². The average molecular weight is 377 g/mol. The molecule has 0 aliphatic heterocycles. The Balaban J connectivity index is 0.00000338. The third-order valence-electron chi connectivity index (χ3n) is 4.05. The molecule has 0 aliphatic rings. The van der Waals surface area contributed by atoms with E-state index in [1.165, 1.54) is 5.56 Å². The molecule has 1 atom stereocenters. The quantitative estimate of drug-likeness (QED) is 0.699. The molecule has 5 heteroatoms. The molecule has 0 bridgehead atoms. The fourth-order valence-corrected chi connectivity index (χ4v) is 2.50. The van der Waals surface area contributed by atoms with Crippen LogP contribution in [0, 0.1) is 0 Å². The van der Waals surface area contributed by atoms with E-state index in [1.54, 1.807) is 6.92 Å². The molecule has 0 fully saturated rings. The summed E-state index contributed by atoms with van der Waals surface area (Å²) in [6, 6.07) is 15.7. The van der Waals surface area contributed by atoms with E-state index in [1.807, 2.05) is 42.5 Å². The van der Waals surface area contributed by atoms with Crippen molar-refractivity contribution in [2.24, 2.45) is 0 Å². The van der Waals surface area contributed by atoms with Gasteiger partial charge in [0.1, 0.15) is 5.75 Å². The zero-order valence-electron chi connectivity index (χ0n) is 15.9. The summed E-state index contributed by atoms with van der Waals surface area (Å²) < 4.78 is 5.83. The highest BCUT2D eigenvalue weighted by Gasteiger charge is 2.16. The molecular weight excluding hydrogens is 348 g/mol. The van der Waals surface area contributed by atoms with Crippen LogP contribution < -0.4 is 15.4 Å². The highest BCUT2D eigenvalue weighted by molar-refractivity contribution is 5.94. The van der Waals surface area contributed by atoms with Gasteiger partial charge in [0.2, 0.25) is 0 Å². The SMILES string of the molecule is CCNCc1ccccc1NC(=O)C(C)Oc1cccc(C(C)C)c1.Cl. The summed E-state index contributed by atoms with van der Waals surface area (Å²) >= 11 is 0. The zero-order valence-corrected chi connectivity index (χ0v) is 16.7. The first-order valence-corrected chi connectivity index (χ1v) is 8.87. The number of hydrogen-bond donors (Lipinski definition) is 2. The van der Waals surface area contributed by atoms with Crippen molar-refractivity contribution in [2.75, 3.05) is 11.9 Å². The number of halogens is 1. The minimum Gasteiger partial charge on any atom is -0.481 e. The Morgan fingerprint density at radius 2 is 1.81 bits per heavy atom. The van der Waals surface area contributed by atoms with Gasteiger partial charge in [0.25, 0.3) is 5.91 Å². The summed E-state index contributed by atoms with van der Waals surface area (Å²) in [5, 5.41) is 6.25. The predicted octanol–water partition coefficient (Wildman–Crippen LogP) is 4.75. The van der Waals surface area contributed by atoms with Crippen LogP contribution in [-0.4, -0.2) is 18.6 Å². The lowest BCUT2D eigenvalue weighted by Gasteiger charge is -2.17. The Bertz CT molecular complexity index is 704. The largest absolute Gasteiger partial charge is 0.481 e. The lowest BCUT2D eigenvalue weighted by molar-refractivity contribution is -0.122. The number of benzene rings is 2. The second-order valence-corrected chi connectivity index (χ2v) is 6.41. The number of hydrogen-bond acceptors (Lipinski definition) is 3. The highest BCUT2D eigenvalue weighted by Crippen LogP contribution is 2.21. The Morgan fingerprint density at radius 1 is 1.08 bits per heavy atom. The monoisotopic (exact) mass is 376 g/mol. The van der Waals surface area contributed by atoms with Crippen LogP contribution in [0.1, 0.15) is 44.7 Å². The maximum atomic E-state index is 12.5. The van der Waals surface area contributed by atoms with E-state index in [0.29, 0.717) is 5.92 Å². The smallest absolute Gasteiger partial charge is 0.265 e. The molecule has 26 heavy (non-hydrogen) atoms. The van der Waals surface area contributed by atoms with E-state index in [9.17, 15) is 4.79 Å². The molecular formula is C21H29ClN2O2. The molecule has 142 valence electrons. The molecule has 1 unspecified atom stereocenters. The standard InChI is InChI=1S/C21H28N2O2.ClH/c1-5-22-14-18-9-6-7-12-20(18)23-21(24)16(4)25-19-11-8-10-17(13-19)15(2)3;/h6-13,15-16,22H,5,14H2,1-4H3,(H,23,24);1H. The van der Waals surface area contributed by atoms with Crippen LogP contribution in [-0.2, 0) is 11.3 Å². The van der Waals surface area contributed by atoms with E-state index < -0.39 is 6.10 Å². The van der Waals surface area contributed by atoms with Crippen molar-refractivity contribution >= 4 is 24.0 Å². The molecule has 0 aromatic heterocycles. The second kappa shape index (κ2) is 10.8. The third kappa shape index (κ3) is 6.36. The lowest BCUT2D eigenvalue weighted by atomic mass is 10.0. The van der Waals surface area contributed by atoms with Crippen molar-refractivity contribution < 1.29 is 9.53 Å². The molecule has 2 aromatic carbocycles. The molecule has 2 rings (SSSR count). The molecule has 0 aliphatic carbocycles. The van der Waals surface area contributed by atoms with Crippen LogP contribution in [0.3, 0.4) is 0 Å². The lowest BCUT2D eigenvalue weighted by Crippen LogP contribution is -2.30. The first-order valence-electron chi connectivity index (χ1n) is 8.87. The Labute approximate surface area is 162 Å². The van der Waals surface area contributed by atoms with Crippen LogP contribution in [0.15, 0.2) is 48.5 Å². The first-order chi connectivity index (χ1) is 12.0. The van der Waals surface area contributed by atoms with Gasteiger partial charge >= 0.3 is 0 Å². The van der Waals surface area contributed by atoms with E-state index in [4.69, 9.17) is 4.74 Å². The van der Waals surface area contributed by atoms with Gasteiger partial charge in [0.05, 0.1) is 0 Å². The normalized spacial score (nSPS) is 11.6. The van der Waals surface area contributed by atoms with Gasteiger partial charge in [-0.05, 0) is 48.7 Å². The minimum atomic E-state index is -0.574. The number of rotatable bonds is 8. The van der Waals surface area contributed by atoms with Crippen molar-refractivity contribution in [3.63, 3.8) is 0 Å². The number of nitrogens with one attached hydrogen (secondary N) is 2. The zero-order chi connectivity index (χ0) is 18.2. The number of ether oxygens (including phenoxy) is 1. The van der Waals surface area contributed by atoms with E-state index in [-0.39, 0.29) is 18.3 Å². The number of carbonyl (C=O) groups excluding carboxylic acids is 1. The highest BCUT2D eigenvalue weighted by atomic mass is 35.5. The summed E-state index contributed by atoms with van der Waals surface area (Å²) in [4.78, 5) is 12.5. The van der Waals surface area contributed by atoms with E-state index >= 15 is 0 Å². The molecule has 4 nitrogen and oxygen atoms in total. The van der Waals surface area contributed by atoms with Crippen molar-refractivity contribution in [3.05, 3.63) is 59.7 Å². The van der Waals surface area contributed by atoms with Gasteiger partial charge in [0.15, 0.2) is 6.10 Å². The van der Waals surface area contributed by atoms with Gasteiger partial charge in [-0.2, -0.15) is 0 Å². The number of carbonyl (C=O) groups is 1. The molecule has 2 N–H and O–H groups in total. The van der Waals surface area contributed by atoms with Crippen LogP contribution in [0.2, 0.25) is 0 Å². The fraction of sp³-hybridized carbons (Fsp3) is 0.381. The fourth-order valence-electron chi connectivity index (χ4n) is 2.50. The first kappa shape index (κ1) is 22.0. The maximum absolute atomic E-state index is 12.5. The van der Waals surface area contributed by atoms with Crippen LogP contribution in [0.5, 0.6) is 5.75 Å².